The lowest BCUT2D eigenvalue weighted by Crippen LogP contribution is -2.41. The number of halogens is 3. The van der Waals surface area contributed by atoms with Crippen molar-refractivity contribution in [1.82, 2.24) is 5.32 Å². The van der Waals surface area contributed by atoms with Gasteiger partial charge in [-0.3, -0.25) is 4.79 Å². The largest absolute Gasteiger partial charge is 0.467 e. The van der Waals surface area contributed by atoms with Crippen LogP contribution in [0.2, 0.25) is 0 Å². The molecule has 0 spiro atoms. The number of carbonyl (C=O) groups excluding carboxylic acids is 2. The van der Waals surface area contributed by atoms with Gasteiger partial charge in [-0.05, 0) is 16.6 Å². The Morgan fingerprint density at radius 1 is 1.45 bits per heavy atom. The lowest BCUT2D eigenvalue weighted by Gasteiger charge is -2.16. The first-order valence-electron chi connectivity index (χ1n) is 5.52. The van der Waals surface area contributed by atoms with Gasteiger partial charge in [-0.15, -0.1) is 0 Å². The van der Waals surface area contributed by atoms with Gasteiger partial charge in [0.05, 0.1) is 12.7 Å². The molecule has 0 aromatic heterocycles. The molecule has 1 aromatic rings. The molecule has 0 radical (unpaired) electrons. The zero-order valence-electron chi connectivity index (χ0n) is 10.6. The third-order valence-electron chi connectivity index (χ3n) is 2.39. The van der Waals surface area contributed by atoms with Crippen molar-refractivity contribution in [3.05, 3.63) is 46.5 Å². The van der Waals surface area contributed by atoms with Crippen LogP contribution in [0, 0.1) is 11.6 Å². The molecule has 1 N–H and O–H groups in total. The maximum Gasteiger partial charge on any atom is 0.328 e. The SMILES string of the molecule is C=C(Br)C[C@@H](NC(=O)c1ccc(F)cc1F)C(=O)OC. The highest BCUT2D eigenvalue weighted by atomic mass is 79.9. The van der Waals surface area contributed by atoms with E-state index in [0.29, 0.717) is 10.5 Å². The van der Waals surface area contributed by atoms with Crippen LogP contribution < -0.4 is 5.32 Å². The average molecular weight is 348 g/mol. The summed E-state index contributed by atoms with van der Waals surface area (Å²) in [5.74, 6) is -3.34. The highest BCUT2D eigenvalue weighted by molar-refractivity contribution is 9.11. The molecular formula is C13H12BrF2NO3. The molecule has 0 bridgehead atoms. The molecule has 1 aromatic carbocycles. The molecular weight excluding hydrogens is 336 g/mol. The number of nitrogens with one attached hydrogen (secondary N) is 1. The monoisotopic (exact) mass is 347 g/mol. The van der Waals surface area contributed by atoms with Crippen LogP contribution >= 0.6 is 15.9 Å². The second kappa shape index (κ2) is 7.14. The Balaban J connectivity index is 2.90. The Morgan fingerprint density at radius 2 is 2.10 bits per heavy atom. The van der Waals surface area contributed by atoms with Crippen LogP contribution in [0.5, 0.6) is 0 Å². The number of ether oxygens (including phenoxy) is 1. The highest BCUT2D eigenvalue weighted by Crippen LogP contribution is 2.13. The minimum atomic E-state index is -1.01. The fourth-order valence-corrected chi connectivity index (χ4v) is 1.79. The second-order valence-corrected chi connectivity index (χ2v) is 5.02. The van der Waals surface area contributed by atoms with Crippen LogP contribution in [0.4, 0.5) is 8.78 Å². The van der Waals surface area contributed by atoms with Crippen molar-refractivity contribution < 1.29 is 23.1 Å². The van der Waals surface area contributed by atoms with E-state index < -0.39 is 29.6 Å². The fourth-order valence-electron chi connectivity index (χ4n) is 1.47. The lowest BCUT2D eigenvalue weighted by atomic mass is 10.1. The summed E-state index contributed by atoms with van der Waals surface area (Å²) in [4.78, 5) is 23.4. The lowest BCUT2D eigenvalue weighted by molar-refractivity contribution is -0.142. The molecule has 4 nitrogen and oxygen atoms in total. The standard InChI is InChI=1S/C13H12BrF2NO3/c1-7(14)5-11(13(19)20-2)17-12(18)9-4-3-8(15)6-10(9)16/h3-4,6,11H,1,5H2,2H3,(H,17,18)/t11-/m1/s1. The first kappa shape index (κ1) is 16.3. The summed E-state index contributed by atoms with van der Waals surface area (Å²) >= 11 is 3.07. The molecule has 0 aliphatic heterocycles. The summed E-state index contributed by atoms with van der Waals surface area (Å²) in [6, 6.07) is 1.53. The number of esters is 1. The maximum atomic E-state index is 13.5. The van der Waals surface area contributed by atoms with Crippen molar-refractivity contribution in [2.45, 2.75) is 12.5 Å². The Bertz CT molecular complexity index is 548. The van der Waals surface area contributed by atoms with Gasteiger partial charge in [0.1, 0.15) is 17.7 Å². The van der Waals surface area contributed by atoms with E-state index in [1.54, 1.807) is 0 Å². The summed E-state index contributed by atoms with van der Waals surface area (Å²) in [6.07, 6.45) is 0.0846. The summed E-state index contributed by atoms with van der Waals surface area (Å²) < 4.78 is 31.2. The molecule has 20 heavy (non-hydrogen) atoms. The third-order valence-corrected chi connectivity index (χ3v) is 2.72. The van der Waals surface area contributed by atoms with Crippen molar-refractivity contribution >= 4 is 27.8 Å². The van der Waals surface area contributed by atoms with Crippen molar-refractivity contribution in [2.75, 3.05) is 7.11 Å². The minimum absolute atomic E-state index is 0.0846. The first-order chi connectivity index (χ1) is 9.35. The van der Waals surface area contributed by atoms with Crippen molar-refractivity contribution in [1.29, 1.82) is 0 Å². The van der Waals surface area contributed by atoms with Gasteiger partial charge < -0.3 is 10.1 Å². The normalized spacial score (nSPS) is 11.6. The van der Waals surface area contributed by atoms with Crippen molar-refractivity contribution in [3.8, 4) is 0 Å². The zero-order chi connectivity index (χ0) is 15.3. The number of hydrogen-bond donors (Lipinski definition) is 1. The molecule has 1 amide bonds. The molecule has 1 rings (SSSR count). The number of carbonyl (C=O) groups is 2. The van der Waals surface area contributed by atoms with Crippen LogP contribution in [0.25, 0.3) is 0 Å². The molecule has 0 saturated heterocycles. The van der Waals surface area contributed by atoms with Crippen LogP contribution in [-0.4, -0.2) is 25.0 Å². The quantitative estimate of drug-likeness (QED) is 0.832. The number of benzene rings is 1. The van der Waals surface area contributed by atoms with Gasteiger partial charge >= 0.3 is 5.97 Å². The predicted octanol–water partition coefficient (Wildman–Crippen LogP) is 2.53. The molecule has 7 heteroatoms. The topological polar surface area (TPSA) is 55.4 Å². The van der Waals surface area contributed by atoms with E-state index in [-0.39, 0.29) is 12.0 Å². The van der Waals surface area contributed by atoms with E-state index in [4.69, 9.17) is 0 Å². The minimum Gasteiger partial charge on any atom is -0.467 e. The number of rotatable bonds is 5. The van der Waals surface area contributed by atoms with E-state index in [2.05, 4.69) is 32.6 Å². The van der Waals surface area contributed by atoms with Gasteiger partial charge in [-0.25, -0.2) is 13.6 Å². The van der Waals surface area contributed by atoms with E-state index >= 15 is 0 Å². The molecule has 0 fully saturated rings. The van der Waals surface area contributed by atoms with Crippen LogP contribution in [0.1, 0.15) is 16.8 Å². The first-order valence-corrected chi connectivity index (χ1v) is 6.31. The van der Waals surface area contributed by atoms with Gasteiger partial charge in [0, 0.05) is 12.5 Å². The van der Waals surface area contributed by atoms with Gasteiger partial charge in [-0.1, -0.05) is 22.5 Å². The Labute approximate surface area is 122 Å². The van der Waals surface area contributed by atoms with Gasteiger partial charge in [0.2, 0.25) is 0 Å². The zero-order valence-corrected chi connectivity index (χ0v) is 12.2. The number of methoxy groups -OCH3 is 1. The molecule has 0 aliphatic carbocycles. The van der Waals surface area contributed by atoms with Gasteiger partial charge in [-0.2, -0.15) is 0 Å². The highest BCUT2D eigenvalue weighted by Gasteiger charge is 2.23. The van der Waals surface area contributed by atoms with E-state index in [0.717, 1.165) is 19.2 Å². The fraction of sp³-hybridized carbons (Fsp3) is 0.231. The second-order valence-electron chi connectivity index (χ2n) is 3.89. The number of amides is 1. The Hall–Kier alpha value is -1.76. The molecule has 0 unspecified atom stereocenters. The summed E-state index contributed by atoms with van der Waals surface area (Å²) in [6.45, 7) is 3.55. The predicted molar refractivity (Wildman–Crippen MR) is 72.3 cm³/mol. The van der Waals surface area contributed by atoms with E-state index in [1.807, 2.05) is 0 Å². The Kier molecular flexibility index (Phi) is 5.82. The third kappa shape index (κ3) is 4.41. The number of hydrogen-bond acceptors (Lipinski definition) is 3. The average Bonchev–Trinajstić information content (AvgIpc) is 2.36. The van der Waals surface area contributed by atoms with Crippen LogP contribution in [0.3, 0.4) is 0 Å². The molecule has 0 heterocycles. The van der Waals surface area contributed by atoms with Gasteiger partial charge in [0.25, 0.3) is 5.91 Å². The van der Waals surface area contributed by atoms with Gasteiger partial charge in [0.15, 0.2) is 0 Å². The van der Waals surface area contributed by atoms with E-state index in [9.17, 15) is 18.4 Å². The molecule has 1 atom stereocenters. The molecule has 0 aliphatic rings. The molecule has 108 valence electrons. The summed E-state index contributed by atoms with van der Waals surface area (Å²) in [7, 11) is 1.16. The van der Waals surface area contributed by atoms with Crippen molar-refractivity contribution in [2.24, 2.45) is 0 Å². The maximum absolute atomic E-state index is 13.5. The van der Waals surface area contributed by atoms with Crippen LogP contribution in [0.15, 0.2) is 29.3 Å². The smallest absolute Gasteiger partial charge is 0.328 e. The van der Waals surface area contributed by atoms with Crippen LogP contribution in [-0.2, 0) is 9.53 Å². The Morgan fingerprint density at radius 3 is 2.60 bits per heavy atom. The van der Waals surface area contributed by atoms with E-state index in [1.165, 1.54) is 0 Å². The summed E-state index contributed by atoms with van der Waals surface area (Å²) in [5.41, 5.74) is -0.361. The molecule has 0 saturated carbocycles. The van der Waals surface area contributed by atoms with Crippen molar-refractivity contribution in [3.63, 3.8) is 0 Å². The summed E-state index contributed by atoms with van der Waals surface area (Å²) in [5, 5.41) is 2.31.